The molecule has 1 aromatic carbocycles. The van der Waals surface area contributed by atoms with Gasteiger partial charge in [0, 0.05) is 56.7 Å². The highest BCUT2D eigenvalue weighted by molar-refractivity contribution is 6.36. The van der Waals surface area contributed by atoms with Gasteiger partial charge in [0.1, 0.15) is 11.8 Å². The van der Waals surface area contributed by atoms with Crippen LogP contribution in [0.1, 0.15) is 29.7 Å². The molecule has 1 atom stereocenters. The van der Waals surface area contributed by atoms with Crippen LogP contribution in [0, 0.1) is 0 Å². The maximum absolute atomic E-state index is 6.80. The van der Waals surface area contributed by atoms with Crippen molar-refractivity contribution in [2.45, 2.75) is 25.8 Å². The fraction of sp³-hybridized carbons (Fsp3) is 0.296. The number of hydrogen-bond donors (Lipinski definition) is 1. The smallest absolute Gasteiger partial charge is 0.180 e. The first-order valence-corrected chi connectivity index (χ1v) is 12.6. The first-order valence-electron chi connectivity index (χ1n) is 12.2. The van der Waals surface area contributed by atoms with Crippen LogP contribution < -0.4 is 4.90 Å². The molecule has 1 aliphatic rings. The zero-order valence-electron chi connectivity index (χ0n) is 20.1. The van der Waals surface area contributed by atoms with E-state index in [1.54, 1.807) is 12.7 Å². The fourth-order valence-electron chi connectivity index (χ4n) is 5.16. The Kier molecular flexibility index (Phi) is 6.21. The van der Waals surface area contributed by atoms with Crippen molar-refractivity contribution in [3.05, 3.63) is 83.4 Å². The molecule has 0 saturated carbocycles. The van der Waals surface area contributed by atoms with E-state index in [1.165, 1.54) is 16.8 Å². The van der Waals surface area contributed by atoms with E-state index in [4.69, 9.17) is 16.6 Å². The molecule has 9 heteroatoms. The van der Waals surface area contributed by atoms with E-state index in [9.17, 15) is 0 Å². The van der Waals surface area contributed by atoms with Crippen molar-refractivity contribution in [2.24, 2.45) is 0 Å². The molecule has 0 amide bonds. The average molecular weight is 499 g/mol. The third-order valence-corrected chi connectivity index (χ3v) is 7.33. The second-order valence-corrected chi connectivity index (χ2v) is 9.75. The van der Waals surface area contributed by atoms with Gasteiger partial charge in [0.15, 0.2) is 5.65 Å². The number of pyridine rings is 2. The summed E-state index contributed by atoms with van der Waals surface area (Å²) in [4.78, 5) is 30.2. The summed E-state index contributed by atoms with van der Waals surface area (Å²) in [6.45, 7) is 6.98. The number of fused-ring (bicyclic) bond motifs is 2. The molecular weight excluding hydrogens is 472 g/mol. The number of nitrogens with zero attached hydrogens (tertiary/aromatic N) is 7. The number of aromatic nitrogens is 6. The van der Waals surface area contributed by atoms with Crippen molar-refractivity contribution < 1.29 is 0 Å². The SMILES string of the molecule is CC(Cc1ncnc2nc[nH]c12)c1cc(Cl)c2cccnc2c1N1CCN(Cc2ccncc2)CC1. The lowest BCUT2D eigenvalue weighted by atomic mass is 9.92. The Labute approximate surface area is 214 Å². The molecule has 4 aromatic heterocycles. The van der Waals surface area contributed by atoms with E-state index in [-0.39, 0.29) is 5.92 Å². The molecule has 1 N–H and O–H groups in total. The van der Waals surface area contributed by atoms with Crippen LogP contribution in [0.2, 0.25) is 5.02 Å². The average Bonchev–Trinajstić information content (AvgIpc) is 3.40. The van der Waals surface area contributed by atoms with Crippen molar-refractivity contribution in [2.75, 3.05) is 31.1 Å². The second kappa shape index (κ2) is 9.79. The first kappa shape index (κ1) is 22.8. The first-order chi connectivity index (χ1) is 17.7. The Morgan fingerprint density at radius 2 is 1.83 bits per heavy atom. The van der Waals surface area contributed by atoms with Crippen molar-refractivity contribution in [3.8, 4) is 0 Å². The molecule has 5 heterocycles. The van der Waals surface area contributed by atoms with Gasteiger partial charge in [-0.15, -0.1) is 0 Å². The number of aromatic amines is 1. The van der Waals surface area contributed by atoms with Crippen molar-refractivity contribution >= 4 is 39.4 Å². The highest BCUT2D eigenvalue weighted by Gasteiger charge is 2.26. The quantitative estimate of drug-likeness (QED) is 0.365. The van der Waals surface area contributed by atoms with E-state index in [2.05, 4.69) is 65.9 Å². The molecular formula is C27H27ClN8. The van der Waals surface area contributed by atoms with Crippen LogP contribution in [-0.2, 0) is 13.0 Å². The molecule has 0 aliphatic carbocycles. The van der Waals surface area contributed by atoms with Crippen molar-refractivity contribution in [3.63, 3.8) is 0 Å². The van der Waals surface area contributed by atoms with E-state index in [0.29, 0.717) is 5.65 Å². The molecule has 1 saturated heterocycles. The molecule has 5 aromatic rings. The van der Waals surface area contributed by atoms with Gasteiger partial charge in [0.25, 0.3) is 0 Å². The lowest BCUT2D eigenvalue weighted by Crippen LogP contribution is -2.46. The molecule has 8 nitrogen and oxygen atoms in total. The Balaban J connectivity index is 1.32. The fourth-order valence-corrected chi connectivity index (χ4v) is 5.43. The summed E-state index contributed by atoms with van der Waals surface area (Å²) in [5.74, 6) is 0.167. The predicted molar refractivity (Wildman–Crippen MR) is 142 cm³/mol. The third-order valence-electron chi connectivity index (χ3n) is 7.02. The Morgan fingerprint density at radius 3 is 2.67 bits per heavy atom. The van der Waals surface area contributed by atoms with E-state index in [0.717, 1.165) is 66.3 Å². The molecule has 182 valence electrons. The minimum Gasteiger partial charge on any atom is -0.367 e. The van der Waals surface area contributed by atoms with Gasteiger partial charge >= 0.3 is 0 Å². The van der Waals surface area contributed by atoms with Gasteiger partial charge in [-0.2, -0.15) is 0 Å². The van der Waals surface area contributed by atoms with Crippen LogP contribution in [0.25, 0.3) is 22.1 Å². The molecule has 0 spiro atoms. The van der Waals surface area contributed by atoms with Crippen molar-refractivity contribution in [1.82, 2.24) is 34.8 Å². The summed E-state index contributed by atoms with van der Waals surface area (Å²) in [5, 5.41) is 1.72. The molecule has 1 aliphatic heterocycles. The third kappa shape index (κ3) is 4.38. The Morgan fingerprint density at radius 1 is 1.00 bits per heavy atom. The summed E-state index contributed by atoms with van der Waals surface area (Å²) in [7, 11) is 0. The highest BCUT2D eigenvalue weighted by Crippen LogP contribution is 2.40. The van der Waals surface area contributed by atoms with Crippen LogP contribution >= 0.6 is 11.6 Å². The predicted octanol–water partition coefficient (Wildman–Crippen LogP) is 4.62. The molecule has 1 fully saturated rings. The number of hydrogen-bond acceptors (Lipinski definition) is 7. The summed E-state index contributed by atoms with van der Waals surface area (Å²) in [6.07, 6.45) is 9.57. The van der Waals surface area contributed by atoms with E-state index in [1.807, 2.05) is 24.7 Å². The second-order valence-electron chi connectivity index (χ2n) is 9.34. The zero-order valence-corrected chi connectivity index (χ0v) is 20.9. The van der Waals surface area contributed by atoms with Crippen LogP contribution in [0.3, 0.4) is 0 Å². The summed E-state index contributed by atoms with van der Waals surface area (Å²) in [5.41, 5.74) is 7.16. The van der Waals surface area contributed by atoms with Crippen LogP contribution in [0.15, 0.2) is 61.6 Å². The van der Waals surface area contributed by atoms with E-state index < -0.39 is 0 Å². The number of anilines is 1. The maximum atomic E-state index is 6.80. The molecule has 1 unspecified atom stereocenters. The number of halogens is 1. The topological polar surface area (TPSA) is 86.7 Å². The van der Waals surface area contributed by atoms with Gasteiger partial charge in [-0.3, -0.25) is 14.9 Å². The molecule has 6 rings (SSSR count). The number of H-pyrrole nitrogens is 1. The largest absolute Gasteiger partial charge is 0.367 e. The number of rotatable bonds is 6. The van der Waals surface area contributed by atoms with Gasteiger partial charge in [0.05, 0.1) is 28.2 Å². The van der Waals surface area contributed by atoms with E-state index >= 15 is 0 Å². The number of piperazine rings is 1. The highest BCUT2D eigenvalue weighted by atomic mass is 35.5. The van der Waals surface area contributed by atoms with Gasteiger partial charge in [0.2, 0.25) is 0 Å². The van der Waals surface area contributed by atoms with Crippen LogP contribution in [0.4, 0.5) is 5.69 Å². The lowest BCUT2D eigenvalue weighted by molar-refractivity contribution is 0.250. The number of benzene rings is 1. The minimum absolute atomic E-state index is 0.167. The van der Waals surface area contributed by atoms with Gasteiger partial charge in [-0.25, -0.2) is 15.0 Å². The Bertz CT molecular complexity index is 1490. The molecule has 0 bridgehead atoms. The monoisotopic (exact) mass is 498 g/mol. The van der Waals surface area contributed by atoms with Gasteiger partial charge in [-0.1, -0.05) is 18.5 Å². The summed E-state index contributed by atoms with van der Waals surface area (Å²) >= 11 is 6.80. The summed E-state index contributed by atoms with van der Waals surface area (Å²) in [6, 6.07) is 10.3. The number of nitrogens with one attached hydrogen (secondary N) is 1. The Hall–Kier alpha value is -3.62. The van der Waals surface area contributed by atoms with Crippen LogP contribution in [0.5, 0.6) is 0 Å². The molecule has 36 heavy (non-hydrogen) atoms. The molecule has 0 radical (unpaired) electrons. The van der Waals surface area contributed by atoms with Crippen LogP contribution in [-0.4, -0.2) is 61.0 Å². The summed E-state index contributed by atoms with van der Waals surface area (Å²) < 4.78 is 0. The minimum atomic E-state index is 0.167. The van der Waals surface area contributed by atoms with Crippen molar-refractivity contribution in [1.29, 1.82) is 0 Å². The number of imidazole rings is 1. The normalized spacial score (nSPS) is 15.6. The van der Waals surface area contributed by atoms with Gasteiger partial charge < -0.3 is 9.88 Å². The zero-order chi connectivity index (χ0) is 24.5. The standard InChI is InChI=1S/C27H27ClN8/c1-18(13-23-25-27(33-16-31-23)34-17-32-25)21-14-22(28)20-3-2-6-30-24(20)26(21)36-11-9-35(10-12-36)15-19-4-7-29-8-5-19/h2-8,14,16-18H,9-13,15H2,1H3,(H,31,32,33,34). The maximum Gasteiger partial charge on any atom is 0.180 e. The van der Waals surface area contributed by atoms with Gasteiger partial charge in [-0.05, 0) is 53.8 Å². The lowest BCUT2D eigenvalue weighted by Gasteiger charge is -2.38.